The predicted octanol–water partition coefficient (Wildman–Crippen LogP) is 4.01. The van der Waals surface area contributed by atoms with Crippen LogP contribution in [0.5, 0.6) is 0 Å². The summed E-state index contributed by atoms with van der Waals surface area (Å²) >= 11 is 0. The van der Waals surface area contributed by atoms with Crippen LogP contribution >= 0.6 is 0 Å². The number of ether oxygens (including phenoxy) is 1. The van der Waals surface area contributed by atoms with Gasteiger partial charge in [-0.3, -0.25) is 0 Å². The number of fused-ring (bicyclic) bond motifs is 3. The first-order chi connectivity index (χ1) is 11.9. The summed E-state index contributed by atoms with van der Waals surface area (Å²) < 4.78 is 35.1. The third kappa shape index (κ3) is 2.76. The van der Waals surface area contributed by atoms with Gasteiger partial charge >= 0.3 is 11.9 Å². The topological polar surface area (TPSA) is 57.2 Å². The van der Waals surface area contributed by atoms with Gasteiger partial charge in [0.2, 0.25) is 0 Å². The van der Waals surface area contributed by atoms with Crippen LogP contribution in [-0.2, 0) is 16.1 Å². The van der Waals surface area contributed by atoms with Crippen molar-refractivity contribution >= 4 is 27.8 Å². The summed E-state index contributed by atoms with van der Waals surface area (Å²) in [5.41, 5.74) is 7.89. The summed E-state index contributed by atoms with van der Waals surface area (Å²) in [6.07, 6.45) is 0. The van der Waals surface area contributed by atoms with E-state index in [0.717, 1.165) is 28.4 Å². The molecule has 1 atom stereocenters. The first kappa shape index (κ1) is 17.4. The minimum atomic E-state index is -3.78. The van der Waals surface area contributed by atoms with Crippen LogP contribution in [-0.4, -0.2) is 23.1 Å². The quantitative estimate of drug-likeness (QED) is 0.710. The number of halogens is 2. The van der Waals surface area contributed by atoms with E-state index in [2.05, 4.69) is 9.30 Å². The Morgan fingerprint density at radius 3 is 2.52 bits per heavy atom. The van der Waals surface area contributed by atoms with Crippen LogP contribution < -0.4 is 5.73 Å². The molecule has 0 unspecified atom stereocenters. The van der Waals surface area contributed by atoms with E-state index >= 15 is 0 Å². The summed E-state index contributed by atoms with van der Waals surface area (Å²) in [5.74, 6) is -5.38. The number of para-hydroxylation sites is 1. The third-order valence-electron chi connectivity index (χ3n) is 4.41. The van der Waals surface area contributed by atoms with Crippen LogP contribution in [0, 0.1) is 0 Å². The van der Waals surface area contributed by atoms with Crippen LogP contribution in [0.15, 0.2) is 42.5 Å². The highest BCUT2D eigenvalue weighted by molar-refractivity contribution is 6.08. The standard InChI is InChI=1S/C19H20F2N2O2/c1-3-23-15-8-6-5-7-13(15)14-11-12(9-10-16(14)23)17(22)19(20,21)18(24)25-4-2/h5-11,17H,3-4,22H2,1-2H3/t17-/m0/s1. The first-order valence-electron chi connectivity index (χ1n) is 8.23. The fourth-order valence-electron chi connectivity index (χ4n) is 3.17. The number of hydrogen-bond donors (Lipinski definition) is 1. The van der Waals surface area contributed by atoms with Gasteiger partial charge in [-0.05, 0) is 37.6 Å². The molecule has 0 saturated heterocycles. The molecule has 0 aliphatic carbocycles. The van der Waals surface area contributed by atoms with E-state index < -0.39 is 17.9 Å². The van der Waals surface area contributed by atoms with E-state index in [1.165, 1.54) is 6.92 Å². The monoisotopic (exact) mass is 346 g/mol. The molecule has 2 N–H and O–H groups in total. The molecule has 3 aromatic rings. The number of nitrogens with zero attached hydrogens (tertiary/aromatic N) is 1. The van der Waals surface area contributed by atoms with E-state index in [9.17, 15) is 13.6 Å². The van der Waals surface area contributed by atoms with E-state index in [4.69, 9.17) is 5.73 Å². The molecule has 25 heavy (non-hydrogen) atoms. The van der Waals surface area contributed by atoms with Crippen LogP contribution in [0.25, 0.3) is 21.8 Å². The molecule has 0 saturated carbocycles. The highest BCUT2D eigenvalue weighted by Gasteiger charge is 2.47. The van der Waals surface area contributed by atoms with Gasteiger partial charge < -0.3 is 15.0 Å². The average molecular weight is 346 g/mol. The fraction of sp³-hybridized carbons (Fsp3) is 0.316. The Morgan fingerprint density at radius 1 is 1.16 bits per heavy atom. The molecule has 0 radical (unpaired) electrons. The Labute approximate surface area is 144 Å². The highest BCUT2D eigenvalue weighted by Crippen LogP contribution is 2.35. The van der Waals surface area contributed by atoms with Gasteiger partial charge in [-0.2, -0.15) is 8.78 Å². The lowest BCUT2D eigenvalue weighted by atomic mass is 9.99. The average Bonchev–Trinajstić information content (AvgIpc) is 2.94. The predicted molar refractivity (Wildman–Crippen MR) is 93.6 cm³/mol. The number of hydrogen-bond acceptors (Lipinski definition) is 3. The molecule has 1 heterocycles. The van der Waals surface area contributed by atoms with Crippen LogP contribution in [0.2, 0.25) is 0 Å². The van der Waals surface area contributed by atoms with Crippen molar-refractivity contribution in [3.05, 3.63) is 48.0 Å². The van der Waals surface area contributed by atoms with Gasteiger partial charge in [-0.1, -0.05) is 24.3 Å². The SMILES string of the molecule is CCOC(=O)C(F)(F)[C@@H](N)c1ccc2c(c1)c1ccccc1n2CC. The minimum absolute atomic E-state index is 0.121. The number of benzene rings is 2. The normalized spacial score (nSPS) is 13.3. The minimum Gasteiger partial charge on any atom is -0.462 e. The molecule has 0 spiro atoms. The first-order valence-corrected chi connectivity index (χ1v) is 8.23. The molecule has 0 bridgehead atoms. The van der Waals surface area contributed by atoms with Crippen molar-refractivity contribution in [2.75, 3.05) is 6.61 Å². The summed E-state index contributed by atoms with van der Waals surface area (Å²) in [6, 6.07) is 11.0. The van der Waals surface area contributed by atoms with E-state index in [-0.39, 0.29) is 12.2 Å². The summed E-state index contributed by atoms with van der Waals surface area (Å²) in [5, 5.41) is 1.80. The molecule has 1 aromatic heterocycles. The molecule has 3 rings (SSSR count). The number of rotatable bonds is 5. The molecule has 0 aliphatic heterocycles. The second-order valence-corrected chi connectivity index (χ2v) is 5.86. The fourth-order valence-corrected chi connectivity index (χ4v) is 3.17. The van der Waals surface area contributed by atoms with Crippen LogP contribution in [0.4, 0.5) is 8.78 Å². The van der Waals surface area contributed by atoms with Crippen molar-refractivity contribution in [1.29, 1.82) is 0 Å². The van der Waals surface area contributed by atoms with E-state index in [1.54, 1.807) is 18.2 Å². The third-order valence-corrected chi connectivity index (χ3v) is 4.41. The lowest BCUT2D eigenvalue weighted by Gasteiger charge is -2.22. The van der Waals surface area contributed by atoms with Crippen LogP contribution in [0.3, 0.4) is 0 Å². The lowest BCUT2D eigenvalue weighted by molar-refractivity contribution is -0.174. The number of aromatic nitrogens is 1. The van der Waals surface area contributed by atoms with Crippen molar-refractivity contribution in [1.82, 2.24) is 4.57 Å². The number of nitrogens with two attached hydrogens (primary N) is 1. The summed E-state index contributed by atoms with van der Waals surface area (Å²) in [7, 11) is 0. The zero-order valence-electron chi connectivity index (χ0n) is 14.1. The number of carbonyl (C=O) groups excluding carboxylic acids is 1. The zero-order valence-corrected chi connectivity index (χ0v) is 14.1. The van der Waals surface area contributed by atoms with Crippen LogP contribution in [0.1, 0.15) is 25.5 Å². The van der Waals surface area contributed by atoms with Gasteiger partial charge in [0.1, 0.15) is 6.04 Å². The second-order valence-electron chi connectivity index (χ2n) is 5.86. The van der Waals surface area contributed by atoms with Gasteiger partial charge in [0, 0.05) is 28.4 Å². The van der Waals surface area contributed by atoms with Crippen molar-refractivity contribution in [3.8, 4) is 0 Å². The smallest absolute Gasteiger partial charge is 0.379 e. The number of carbonyl (C=O) groups is 1. The van der Waals surface area contributed by atoms with Gasteiger partial charge in [-0.25, -0.2) is 4.79 Å². The maximum absolute atomic E-state index is 14.3. The maximum atomic E-state index is 14.3. The Morgan fingerprint density at radius 2 is 1.84 bits per heavy atom. The van der Waals surface area contributed by atoms with E-state index in [1.807, 2.05) is 31.2 Å². The lowest BCUT2D eigenvalue weighted by Crippen LogP contribution is -2.41. The number of alkyl halides is 2. The zero-order chi connectivity index (χ0) is 18.2. The largest absolute Gasteiger partial charge is 0.462 e. The second kappa shape index (κ2) is 6.44. The Hall–Kier alpha value is -2.47. The summed E-state index contributed by atoms with van der Waals surface area (Å²) in [6.45, 7) is 4.14. The van der Waals surface area contributed by atoms with Crippen molar-refractivity contribution in [2.24, 2.45) is 5.73 Å². The van der Waals surface area contributed by atoms with Gasteiger partial charge in [0.05, 0.1) is 6.61 Å². The van der Waals surface area contributed by atoms with E-state index in [0.29, 0.717) is 0 Å². The molecule has 4 nitrogen and oxygen atoms in total. The molecular formula is C19H20F2N2O2. The van der Waals surface area contributed by atoms with Crippen molar-refractivity contribution < 1.29 is 18.3 Å². The molecule has 132 valence electrons. The summed E-state index contributed by atoms with van der Waals surface area (Å²) in [4.78, 5) is 11.5. The molecule has 6 heteroatoms. The van der Waals surface area contributed by atoms with Gasteiger partial charge in [0.15, 0.2) is 0 Å². The van der Waals surface area contributed by atoms with Crippen molar-refractivity contribution in [2.45, 2.75) is 32.4 Å². The number of aryl methyl sites for hydroxylation is 1. The highest BCUT2D eigenvalue weighted by atomic mass is 19.3. The Kier molecular flexibility index (Phi) is 4.47. The maximum Gasteiger partial charge on any atom is 0.379 e. The van der Waals surface area contributed by atoms with Crippen molar-refractivity contribution in [3.63, 3.8) is 0 Å². The molecular weight excluding hydrogens is 326 g/mol. The number of esters is 1. The van der Waals surface area contributed by atoms with Gasteiger partial charge in [-0.15, -0.1) is 0 Å². The Balaban J connectivity index is 2.13. The molecule has 0 amide bonds. The molecule has 0 fully saturated rings. The molecule has 2 aromatic carbocycles. The Bertz CT molecular complexity index is 934. The molecule has 0 aliphatic rings. The van der Waals surface area contributed by atoms with Gasteiger partial charge in [0.25, 0.3) is 0 Å².